The van der Waals surface area contributed by atoms with Crippen LogP contribution < -0.4 is 15.4 Å². The Hall–Kier alpha value is -3.05. The summed E-state index contributed by atoms with van der Waals surface area (Å²) in [5, 5.41) is 4.97. The molecule has 3 aromatic rings. The van der Waals surface area contributed by atoms with Crippen molar-refractivity contribution in [1.82, 2.24) is 5.32 Å². The standard InChI is InChI=1S/C20H20N2O3/c23-20(19-10-5-13-24-19)22-12-11-21-15-16-6-4-9-18(14-16)25-17-7-2-1-3-8-17/h1-10,13-14,21H,11-12,15H2,(H,22,23)/p+1. The molecule has 0 aliphatic rings. The van der Waals surface area contributed by atoms with Gasteiger partial charge in [0.05, 0.1) is 19.4 Å². The van der Waals surface area contributed by atoms with E-state index in [9.17, 15) is 4.79 Å². The zero-order valence-corrected chi connectivity index (χ0v) is 13.9. The van der Waals surface area contributed by atoms with E-state index < -0.39 is 0 Å². The summed E-state index contributed by atoms with van der Waals surface area (Å²) in [6, 6.07) is 21.1. The van der Waals surface area contributed by atoms with Crippen LogP contribution in [0.5, 0.6) is 11.5 Å². The Bertz CT molecular complexity index is 786. The highest BCUT2D eigenvalue weighted by Crippen LogP contribution is 2.21. The number of ether oxygens (including phenoxy) is 1. The summed E-state index contributed by atoms with van der Waals surface area (Å²) in [7, 11) is 0. The molecule has 0 radical (unpaired) electrons. The molecule has 3 N–H and O–H groups in total. The van der Waals surface area contributed by atoms with Crippen LogP contribution in [0.15, 0.2) is 77.4 Å². The summed E-state index contributed by atoms with van der Waals surface area (Å²) in [6.07, 6.45) is 1.49. The number of nitrogens with two attached hydrogens (primary N) is 1. The van der Waals surface area contributed by atoms with Gasteiger partial charge in [0.2, 0.25) is 0 Å². The predicted octanol–water partition coefficient (Wildman–Crippen LogP) is 2.57. The summed E-state index contributed by atoms with van der Waals surface area (Å²) in [6.45, 7) is 2.19. The number of nitrogens with one attached hydrogen (secondary N) is 1. The maximum absolute atomic E-state index is 11.7. The number of carbonyl (C=O) groups is 1. The van der Waals surface area contributed by atoms with Crippen LogP contribution in [0.4, 0.5) is 0 Å². The molecule has 3 rings (SSSR count). The molecule has 0 aliphatic carbocycles. The van der Waals surface area contributed by atoms with Crippen molar-refractivity contribution in [3.05, 3.63) is 84.3 Å². The maximum atomic E-state index is 11.7. The van der Waals surface area contributed by atoms with E-state index in [0.29, 0.717) is 12.3 Å². The Kier molecular flexibility index (Phi) is 5.85. The van der Waals surface area contributed by atoms with Crippen LogP contribution in [0, 0.1) is 0 Å². The molecule has 0 saturated heterocycles. The van der Waals surface area contributed by atoms with Crippen molar-refractivity contribution in [2.75, 3.05) is 13.1 Å². The van der Waals surface area contributed by atoms with Gasteiger partial charge in [-0.25, -0.2) is 0 Å². The zero-order chi connectivity index (χ0) is 17.3. The predicted molar refractivity (Wildman–Crippen MR) is 94.5 cm³/mol. The van der Waals surface area contributed by atoms with Gasteiger partial charge in [-0.2, -0.15) is 0 Å². The number of furan rings is 1. The van der Waals surface area contributed by atoms with E-state index >= 15 is 0 Å². The smallest absolute Gasteiger partial charge is 0.287 e. The number of carbonyl (C=O) groups excluding carboxylic acids is 1. The lowest BCUT2D eigenvalue weighted by molar-refractivity contribution is -0.668. The van der Waals surface area contributed by atoms with Crippen LogP contribution in [-0.2, 0) is 6.54 Å². The van der Waals surface area contributed by atoms with Crippen LogP contribution >= 0.6 is 0 Å². The molecule has 0 spiro atoms. The molecule has 128 valence electrons. The minimum atomic E-state index is -0.184. The molecule has 1 amide bonds. The summed E-state index contributed by atoms with van der Waals surface area (Å²) in [5.74, 6) is 1.80. The molecule has 2 aromatic carbocycles. The monoisotopic (exact) mass is 337 g/mol. The number of para-hydroxylation sites is 1. The van der Waals surface area contributed by atoms with E-state index in [4.69, 9.17) is 9.15 Å². The molecule has 5 nitrogen and oxygen atoms in total. The normalized spacial score (nSPS) is 10.4. The van der Waals surface area contributed by atoms with Gasteiger partial charge in [-0.3, -0.25) is 4.79 Å². The maximum Gasteiger partial charge on any atom is 0.287 e. The van der Waals surface area contributed by atoms with E-state index in [-0.39, 0.29) is 5.91 Å². The molecule has 0 fully saturated rings. The van der Waals surface area contributed by atoms with Crippen molar-refractivity contribution in [1.29, 1.82) is 0 Å². The van der Waals surface area contributed by atoms with E-state index in [0.717, 1.165) is 24.6 Å². The molecule has 0 unspecified atom stereocenters. The van der Waals surface area contributed by atoms with Gasteiger partial charge in [0.15, 0.2) is 5.76 Å². The molecular formula is C20H21N2O3+. The fraction of sp³-hybridized carbons (Fsp3) is 0.150. The molecule has 5 heteroatoms. The number of amides is 1. The van der Waals surface area contributed by atoms with Crippen LogP contribution in [0.3, 0.4) is 0 Å². The highest BCUT2D eigenvalue weighted by Gasteiger charge is 2.07. The molecular weight excluding hydrogens is 316 g/mol. The number of hydrogen-bond acceptors (Lipinski definition) is 3. The van der Waals surface area contributed by atoms with Gasteiger partial charge in [0, 0.05) is 5.56 Å². The van der Waals surface area contributed by atoms with Gasteiger partial charge in [-0.05, 0) is 36.4 Å². The lowest BCUT2D eigenvalue weighted by Gasteiger charge is -2.07. The van der Waals surface area contributed by atoms with E-state index in [1.807, 2.05) is 48.5 Å². The summed E-state index contributed by atoms with van der Waals surface area (Å²) < 4.78 is 10.9. The first-order valence-corrected chi connectivity index (χ1v) is 8.26. The van der Waals surface area contributed by atoms with Crippen molar-refractivity contribution in [3.8, 4) is 11.5 Å². The number of benzene rings is 2. The van der Waals surface area contributed by atoms with E-state index in [1.54, 1.807) is 12.1 Å². The van der Waals surface area contributed by atoms with Crippen LogP contribution in [-0.4, -0.2) is 19.0 Å². The van der Waals surface area contributed by atoms with Crippen molar-refractivity contribution in [3.63, 3.8) is 0 Å². The second-order valence-electron chi connectivity index (χ2n) is 5.58. The number of hydrogen-bond donors (Lipinski definition) is 2. The largest absolute Gasteiger partial charge is 0.459 e. The van der Waals surface area contributed by atoms with Gasteiger partial charge in [-0.1, -0.05) is 30.3 Å². The average Bonchev–Trinajstić information content (AvgIpc) is 3.17. The third-order valence-corrected chi connectivity index (χ3v) is 3.64. The molecule has 1 heterocycles. The number of rotatable bonds is 8. The summed E-state index contributed by atoms with van der Waals surface area (Å²) in [4.78, 5) is 11.7. The molecule has 0 bridgehead atoms. The lowest BCUT2D eigenvalue weighted by atomic mass is 10.2. The summed E-state index contributed by atoms with van der Waals surface area (Å²) in [5.41, 5.74) is 1.17. The van der Waals surface area contributed by atoms with E-state index in [2.05, 4.69) is 16.7 Å². The van der Waals surface area contributed by atoms with Crippen LogP contribution in [0.2, 0.25) is 0 Å². The van der Waals surface area contributed by atoms with Gasteiger partial charge in [-0.15, -0.1) is 0 Å². The second-order valence-corrected chi connectivity index (χ2v) is 5.58. The van der Waals surface area contributed by atoms with Gasteiger partial charge < -0.3 is 19.8 Å². The molecule has 25 heavy (non-hydrogen) atoms. The Labute approximate surface area is 146 Å². The van der Waals surface area contributed by atoms with Crippen molar-refractivity contribution < 1.29 is 19.3 Å². The van der Waals surface area contributed by atoms with Crippen molar-refractivity contribution in [2.24, 2.45) is 0 Å². The molecule has 0 atom stereocenters. The first kappa shape index (κ1) is 16.8. The van der Waals surface area contributed by atoms with Crippen LogP contribution in [0.1, 0.15) is 16.1 Å². The van der Waals surface area contributed by atoms with Gasteiger partial charge >= 0.3 is 0 Å². The molecule has 0 saturated carbocycles. The average molecular weight is 337 g/mol. The first-order chi connectivity index (χ1) is 12.3. The van der Waals surface area contributed by atoms with E-state index in [1.165, 1.54) is 11.8 Å². The molecule has 0 aliphatic heterocycles. The summed E-state index contributed by atoms with van der Waals surface area (Å²) >= 11 is 0. The SMILES string of the molecule is O=C(NCC[NH2+]Cc1cccc(Oc2ccccc2)c1)c1ccco1. The van der Waals surface area contributed by atoms with Crippen LogP contribution in [0.25, 0.3) is 0 Å². The Morgan fingerprint density at radius 3 is 2.64 bits per heavy atom. The van der Waals surface area contributed by atoms with Gasteiger partial charge in [0.1, 0.15) is 18.0 Å². The highest BCUT2D eigenvalue weighted by molar-refractivity contribution is 5.91. The Morgan fingerprint density at radius 2 is 1.84 bits per heavy atom. The fourth-order valence-corrected chi connectivity index (χ4v) is 2.41. The topological polar surface area (TPSA) is 68.1 Å². The Morgan fingerprint density at radius 1 is 1.00 bits per heavy atom. The van der Waals surface area contributed by atoms with Gasteiger partial charge in [0.25, 0.3) is 5.91 Å². The minimum absolute atomic E-state index is 0.184. The fourth-order valence-electron chi connectivity index (χ4n) is 2.41. The highest BCUT2D eigenvalue weighted by atomic mass is 16.5. The Balaban J connectivity index is 1.41. The lowest BCUT2D eigenvalue weighted by Crippen LogP contribution is -2.84. The first-order valence-electron chi connectivity index (χ1n) is 8.26. The third kappa shape index (κ3) is 5.22. The second kappa shape index (κ2) is 8.70. The quantitative estimate of drug-likeness (QED) is 0.621. The third-order valence-electron chi connectivity index (χ3n) is 3.64. The number of quaternary nitrogens is 1. The van der Waals surface area contributed by atoms with Crippen molar-refractivity contribution >= 4 is 5.91 Å². The minimum Gasteiger partial charge on any atom is -0.459 e. The zero-order valence-electron chi connectivity index (χ0n) is 13.9. The van der Waals surface area contributed by atoms with Crippen molar-refractivity contribution in [2.45, 2.75) is 6.54 Å². The molecule has 1 aromatic heterocycles.